The van der Waals surface area contributed by atoms with Crippen LogP contribution in [0.5, 0.6) is 0 Å². The number of rotatable bonds is 5. The van der Waals surface area contributed by atoms with E-state index in [-0.39, 0.29) is 6.10 Å². The van der Waals surface area contributed by atoms with E-state index in [4.69, 9.17) is 4.84 Å². The Balaban J connectivity index is 1.85. The number of nitrogens with one attached hydrogen (secondary N) is 1. The van der Waals surface area contributed by atoms with E-state index in [1.54, 1.807) is 6.20 Å². The van der Waals surface area contributed by atoms with Crippen LogP contribution < -0.4 is 5.32 Å². The molecule has 1 aromatic rings. The summed E-state index contributed by atoms with van der Waals surface area (Å²) in [4.78, 5) is 9.56. The van der Waals surface area contributed by atoms with Crippen LogP contribution in [0.3, 0.4) is 0 Å². The minimum Gasteiger partial charge on any atom is -0.390 e. The maximum Gasteiger partial charge on any atom is 0.145 e. The second-order valence-electron chi connectivity index (χ2n) is 3.63. The van der Waals surface area contributed by atoms with Crippen LogP contribution in [-0.4, -0.2) is 29.9 Å². The summed E-state index contributed by atoms with van der Waals surface area (Å²) in [5, 5.41) is 7.27. The third kappa shape index (κ3) is 2.67. The number of hydrogen-bond acceptors (Lipinski definition) is 4. The maximum atomic E-state index is 5.32. The Bertz CT molecular complexity index is 375. The largest absolute Gasteiger partial charge is 0.390 e. The molecule has 0 aliphatic carbocycles. The van der Waals surface area contributed by atoms with Gasteiger partial charge < -0.3 is 10.2 Å². The van der Waals surface area contributed by atoms with E-state index in [1.165, 1.54) is 0 Å². The van der Waals surface area contributed by atoms with Gasteiger partial charge in [-0.3, -0.25) is 4.98 Å². The number of nitrogens with zero attached hydrogens (tertiary/aromatic N) is 2. The molecule has 1 aliphatic rings. The first-order valence-corrected chi connectivity index (χ1v) is 5.36. The first-order valence-electron chi connectivity index (χ1n) is 5.36. The van der Waals surface area contributed by atoms with Gasteiger partial charge in [0.1, 0.15) is 11.8 Å². The number of pyridine rings is 1. The minimum absolute atomic E-state index is 0.108. The second kappa shape index (κ2) is 5.42. The average molecular weight is 217 g/mol. The number of hydrogen-bond donors (Lipinski definition) is 1. The summed E-state index contributed by atoms with van der Waals surface area (Å²) in [5.41, 5.74) is 1.82. The van der Waals surface area contributed by atoms with Crippen molar-refractivity contribution in [2.75, 3.05) is 13.1 Å². The summed E-state index contributed by atoms with van der Waals surface area (Å²) in [7, 11) is 0. The van der Waals surface area contributed by atoms with E-state index in [0.29, 0.717) is 0 Å². The summed E-state index contributed by atoms with van der Waals surface area (Å²) in [5.74, 6) is 0. The van der Waals surface area contributed by atoms with Crippen molar-refractivity contribution < 1.29 is 4.84 Å². The van der Waals surface area contributed by atoms with Gasteiger partial charge in [0, 0.05) is 25.7 Å². The zero-order valence-corrected chi connectivity index (χ0v) is 9.10. The zero-order valence-electron chi connectivity index (χ0n) is 9.10. The molecule has 4 nitrogen and oxygen atoms in total. The smallest absolute Gasteiger partial charge is 0.145 e. The van der Waals surface area contributed by atoms with E-state index in [2.05, 4.69) is 22.0 Å². The average Bonchev–Trinajstić information content (AvgIpc) is 2.79. The van der Waals surface area contributed by atoms with Crippen molar-refractivity contribution >= 4 is 5.71 Å². The molecule has 1 N–H and O–H groups in total. The summed E-state index contributed by atoms with van der Waals surface area (Å²) in [6, 6.07) is 5.79. The molecular weight excluding hydrogens is 202 g/mol. The fourth-order valence-electron chi connectivity index (χ4n) is 1.57. The topological polar surface area (TPSA) is 46.5 Å². The number of aromatic nitrogens is 1. The lowest BCUT2D eigenvalue weighted by Gasteiger charge is -2.07. The van der Waals surface area contributed by atoms with Crippen molar-refractivity contribution in [2.24, 2.45) is 5.16 Å². The fraction of sp³-hybridized carbons (Fsp3) is 0.333. The quantitative estimate of drug-likeness (QED) is 0.598. The van der Waals surface area contributed by atoms with Crippen LogP contribution in [0.2, 0.25) is 0 Å². The lowest BCUT2D eigenvalue weighted by molar-refractivity contribution is 0.0859. The van der Waals surface area contributed by atoms with Crippen molar-refractivity contribution in [1.29, 1.82) is 0 Å². The molecule has 0 bridgehead atoms. The van der Waals surface area contributed by atoms with Crippen molar-refractivity contribution in [3.8, 4) is 0 Å². The Morgan fingerprint density at radius 3 is 3.25 bits per heavy atom. The Hall–Kier alpha value is -1.68. The Kier molecular flexibility index (Phi) is 3.66. The molecule has 0 amide bonds. The fourth-order valence-corrected chi connectivity index (χ4v) is 1.57. The highest BCUT2D eigenvalue weighted by molar-refractivity contribution is 5.99. The van der Waals surface area contributed by atoms with Crippen LogP contribution in [-0.2, 0) is 4.84 Å². The Morgan fingerprint density at radius 1 is 1.56 bits per heavy atom. The predicted molar refractivity (Wildman–Crippen MR) is 63.3 cm³/mol. The highest BCUT2D eigenvalue weighted by Gasteiger charge is 2.21. The SMILES string of the molecule is C=CCNCC1CC(c2ccccn2)=NO1. The summed E-state index contributed by atoms with van der Waals surface area (Å²) >= 11 is 0. The van der Waals surface area contributed by atoms with Gasteiger partial charge in [-0.05, 0) is 12.1 Å². The van der Waals surface area contributed by atoms with Crippen LogP contribution in [0.25, 0.3) is 0 Å². The molecule has 1 aliphatic heterocycles. The van der Waals surface area contributed by atoms with Gasteiger partial charge >= 0.3 is 0 Å². The third-order valence-electron chi connectivity index (χ3n) is 2.35. The van der Waals surface area contributed by atoms with Gasteiger partial charge in [-0.25, -0.2) is 0 Å². The van der Waals surface area contributed by atoms with Gasteiger partial charge in [0.2, 0.25) is 0 Å². The summed E-state index contributed by atoms with van der Waals surface area (Å²) in [6.07, 6.45) is 4.51. The van der Waals surface area contributed by atoms with E-state index < -0.39 is 0 Å². The van der Waals surface area contributed by atoms with Crippen LogP contribution >= 0.6 is 0 Å². The van der Waals surface area contributed by atoms with E-state index >= 15 is 0 Å². The lowest BCUT2D eigenvalue weighted by Crippen LogP contribution is -2.27. The van der Waals surface area contributed by atoms with Gasteiger partial charge in [0.15, 0.2) is 0 Å². The van der Waals surface area contributed by atoms with Crippen molar-refractivity contribution in [1.82, 2.24) is 10.3 Å². The van der Waals surface area contributed by atoms with Gasteiger partial charge in [0.05, 0.1) is 5.69 Å². The van der Waals surface area contributed by atoms with Gasteiger partial charge in [-0.15, -0.1) is 6.58 Å². The molecule has 4 heteroatoms. The maximum absolute atomic E-state index is 5.32. The Morgan fingerprint density at radius 2 is 2.50 bits per heavy atom. The van der Waals surface area contributed by atoms with Crippen molar-refractivity contribution in [3.63, 3.8) is 0 Å². The molecule has 84 valence electrons. The van der Waals surface area contributed by atoms with Gasteiger partial charge in [-0.2, -0.15) is 0 Å². The monoisotopic (exact) mass is 217 g/mol. The number of oxime groups is 1. The summed E-state index contributed by atoms with van der Waals surface area (Å²) < 4.78 is 0. The molecule has 1 unspecified atom stereocenters. The van der Waals surface area contributed by atoms with Crippen LogP contribution in [0.1, 0.15) is 12.1 Å². The standard InChI is InChI=1S/C12H15N3O/c1-2-6-13-9-10-8-12(15-16-10)11-5-3-4-7-14-11/h2-5,7,10,13H,1,6,8-9H2. The zero-order chi connectivity index (χ0) is 11.2. The van der Waals surface area contributed by atoms with E-state index in [0.717, 1.165) is 30.9 Å². The molecule has 0 saturated heterocycles. The third-order valence-corrected chi connectivity index (χ3v) is 2.35. The van der Waals surface area contributed by atoms with Crippen LogP contribution in [0.15, 0.2) is 42.2 Å². The van der Waals surface area contributed by atoms with Crippen molar-refractivity contribution in [2.45, 2.75) is 12.5 Å². The molecule has 2 rings (SSSR count). The first-order chi connectivity index (χ1) is 7.90. The van der Waals surface area contributed by atoms with Crippen molar-refractivity contribution in [3.05, 3.63) is 42.7 Å². The van der Waals surface area contributed by atoms with E-state index in [1.807, 2.05) is 24.3 Å². The molecule has 0 fully saturated rings. The summed E-state index contributed by atoms with van der Waals surface area (Å²) in [6.45, 7) is 5.22. The molecule has 16 heavy (non-hydrogen) atoms. The predicted octanol–water partition coefficient (Wildman–Crippen LogP) is 1.35. The van der Waals surface area contributed by atoms with E-state index in [9.17, 15) is 0 Å². The second-order valence-corrected chi connectivity index (χ2v) is 3.63. The lowest BCUT2D eigenvalue weighted by atomic mass is 10.1. The highest BCUT2D eigenvalue weighted by atomic mass is 16.6. The van der Waals surface area contributed by atoms with Gasteiger partial charge in [-0.1, -0.05) is 17.3 Å². The van der Waals surface area contributed by atoms with Gasteiger partial charge in [0.25, 0.3) is 0 Å². The molecule has 1 aromatic heterocycles. The molecule has 0 radical (unpaired) electrons. The molecule has 0 spiro atoms. The highest BCUT2D eigenvalue weighted by Crippen LogP contribution is 2.14. The molecule has 2 heterocycles. The molecular formula is C12H15N3O. The molecule has 0 aromatic carbocycles. The minimum atomic E-state index is 0.108. The first kappa shape index (κ1) is 10.8. The molecule has 0 saturated carbocycles. The van der Waals surface area contributed by atoms with Crippen LogP contribution in [0.4, 0.5) is 0 Å². The van der Waals surface area contributed by atoms with Crippen LogP contribution in [0, 0.1) is 0 Å². The Labute approximate surface area is 95.0 Å². The normalized spacial score (nSPS) is 19.0. The molecule has 1 atom stereocenters.